The van der Waals surface area contributed by atoms with Gasteiger partial charge in [-0.2, -0.15) is 0 Å². The fourth-order valence-corrected chi connectivity index (χ4v) is 2.72. The molecule has 3 N–H and O–H groups in total. The van der Waals surface area contributed by atoms with Gasteiger partial charge in [-0.05, 0) is 17.9 Å². The number of nitrogens with zero attached hydrogens (tertiary/aromatic N) is 1. The summed E-state index contributed by atoms with van der Waals surface area (Å²) in [6.07, 6.45) is 3.43. The molecule has 0 radical (unpaired) electrons. The molecule has 0 fully saturated rings. The van der Waals surface area contributed by atoms with E-state index in [2.05, 4.69) is 31.1 Å². The van der Waals surface area contributed by atoms with Crippen LogP contribution < -0.4 is 11.1 Å². The Balaban J connectivity index is 2.16. The molecule has 0 saturated carbocycles. The minimum Gasteiger partial charge on any atom is -0.397 e. The van der Waals surface area contributed by atoms with Crippen LogP contribution in [0.5, 0.6) is 0 Å². The molecule has 0 aromatic carbocycles. The van der Waals surface area contributed by atoms with Crippen molar-refractivity contribution in [3.63, 3.8) is 0 Å². The fraction of sp³-hybridized carbons (Fsp3) is 0.429. The van der Waals surface area contributed by atoms with Crippen molar-refractivity contribution in [2.24, 2.45) is 11.8 Å². The van der Waals surface area contributed by atoms with Crippen LogP contribution in [0.2, 0.25) is 0 Å². The second kappa shape index (κ2) is 5.57. The highest BCUT2D eigenvalue weighted by molar-refractivity contribution is 7.21. The summed E-state index contributed by atoms with van der Waals surface area (Å²) >= 11 is 1.39. The molecular weight excluding hydrogens is 258 g/mol. The van der Waals surface area contributed by atoms with E-state index in [0.29, 0.717) is 28.9 Å². The molecule has 2 heterocycles. The molecule has 0 aliphatic rings. The maximum Gasteiger partial charge on any atom is 0.263 e. The molecule has 2 aromatic rings. The molecule has 0 aliphatic carbocycles. The molecule has 2 rings (SSSR count). The Morgan fingerprint density at radius 2 is 2.21 bits per heavy atom. The van der Waals surface area contributed by atoms with Gasteiger partial charge in [-0.3, -0.25) is 9.78 Å². The van der Waals surface area contributed by atoms with Crippen LogP contribution in [0, 0.1) is 11.8 Å². The molecule has 0 aliphatic heterocycles. The smallest absolute Gasteiger partial charge is 0.263 e. The van der Waals surface area contributed by atoms with Gasteiger partial charge in [-0.1, -0.05) is 20.8 Å². The lowest BCUT2D eigenvalue weighted by molar-refractivity contribution is 0.0950. The molecule has 1 atom stereocenters. The molecular formula is C14H19N3OS. The monoisotopic (exact) mass is 277 g/mol. The number of pyridine rings is 1. The first kappa shape index (κ1) is 13.8. The number of thiophene rings is 1. The van der Waals surface area contributed by atoms with Gasteiger partial charge < -0.3 is 11.1 Å². The first-order chi connectivity index (χ1) is 9.00. The predicted molar refractivity (Wildman–Crippen MR) is 80.4 cm³/mol. The van der Waals surface area contributed by atoms with Crippen LogP contribution in [0.25, 0.3) is 10.1 Å². The van der Waals surface area contributed by atoms with Gasteiger partial charge in [0, 0.05) is 24.3 Å². The highest BCUT2D eigenvalue weighted by atomic mass is 32.1. The molecule has 0 bridgehead atoms. The van der Waals surface area contributed by atoms with Crippen molar-refractivity contribution in [2.75, 3.05) is 12.3 Å². The highest BCUT2D eigenvalue weighted by Crippen LogP contribution is 2.32. The summed E-state index contributed by atoms with van der Waals surface area (Å²) in [6, 6.07) is 1.84. The van der Waals surface area contributed by atoms with Crippen molar-refractivity contribution < 1.29 is 4.79 Å². The number of carbonyl (C=O) groups excluding carboxylic acids is 1. The van der Waals surface area contributed by atoms with Gasteiger partial charge in [0.1, 0.15) is 4.88 Å². The number of nitrogens with two attached hydrogens (primary N) is 1. The summed E-state index contributed by atoms with van der Waals surface area (Å²) in [5, 5.41) is 3.86. The van der Waals surface area contributed by atoms with Gasteiger partial charge in [0.25, 0.3) is 5.91 Å². The van der Waals surface area contributed by atoms with Crippen molar-refractivity contribution in [1.29, 1.82) is 0 Å². The minimum absolute atomic E-state index is 0.0915. The topological polar surface area (TPSA) is 68.0 Å². The molecule has 1 unspecified atom stereocenters. The third-order valence-corrected chi connectivity index (χ3v) is 4.61. The van der Waals surface area contributed by atoms with Gasteiger partial charge in [-0.15, -0.1) is 11.3 Å². The third-order valence-electron chi connectivity index (χ3n) is 3.46. The quantitative estimate of drug-likeness (QED) is 0.903. The average Bonchev–Trinajstić information content (AvgIpc) is 2.73. The number of fused-ring (bicyclic) bond motifs is 1. The van der Waals surface area contributed by atoms with Gasteiger partial charge in [0.05, 0.1) is 10.4 Å². The third kappa shape index (κ3) is 2.87. The molecule has 1 amide bonds. The average molecular weight is 277 g/mol. The van der Waals surface area contributed by atoms with E-state index in [4.69, 9.17) is 5.73 Å². The van der Waals surface area contributed by atoms with Crippen molar-refractivity contribution in [3.8, 4) is 0 Å². The van der Waals surface area contributed by atoms with E-state index in [9.17, 15) is 4.79 Å². The Bertz CT molecular complexity index is 591. The molecule has 5 heteroatoms. The number of rotatable bonds is 4. The standard InChI is InChI=1S/C14H19N3OS/c1-8(2)9(3)6-17-14(18)13-12(15)10-4-5-16-7-11(10)19-13/h4-5,7-9H,6,15H2,1-3H3,(H,17,18). The number of aromatic nitrogens is 1. The SMILES string of the molecule is CC(C)C(C)CNC(=O)c1sc2cnccc2c1N. The Morgan fingerprint density at radius 1 is 1.47 bits per heavy atom. The second-order valence-corrected chi connectivity index (χ2v) is 6.20. The Kier molecular flexibility index (Phi) is 4.04. The Hall–Kier alpha value is -1.62. The molecule has 102 valence electrons. The number of amides is 1. The first-order valence-corrected chi connectivity index (χ1v) is 7.22. The van der Waals surface area contributed by atoms with Gasteiger partial charge in [0.2, 0.25) is 0 Å². The number of nitrogens with one attached hydrogen (secondary N) is 1. The number of hydrogen-bond donors (Lipinski definition) is 2. The summed E-state index contributed by atoms with van der Waals surface area (Å²) in [5.41, 5.74) is 6.58. The highest BCUT2D eigenvalue weighted by Gasteiger charge is 2.17. The lowest BCUT2D eigenvalue weighted by Crippen LogP contribution is -2.30. The summed E-state index contributed by atoms with van der Waals surface area (Å²) in [4.78, 5) is 16.8. The number of hydrogen-bond acceptors (Lipinski definition) is 4. The number of carbonyl (C=O) groups is 1. The first-order valence-electron chi connectivity index (χ1n) is 6.41. The van der Waals surface area contributed by atoms with Crippen LogP contribution in [0.15, 0.2) is 18.5 Å². The van der Waals surface area contributed by atoms with E-state index in [1.165, 1.54) is 11.3 Å². The molecule has 4 nitrogen and oxygen atoms in total. The lowest BCUT2D eigenvalue weighted by atomic mass is 9.98. The second-order valence-electron chi connectivity index (χ2n) is 5.15. The van der Waals surface area contributed by atoms with Gasteiger partial charge in [0.15, 0.2) is 0 Å². The normalized spacial score (nSPS) is 12.8. The van der Waals surface area contributed by atoms with Crippen molar-refractivity contribution in [3.05, 3.63) is 23.3 Å². The maximum absolute atomic E-state index is 12.2. The zero-order valence-corrected chi connectivity index (χ0v) is 12.3. The Labute approximate surface area is 117 Å². The summed E-state index contributed by atoms with van der Waals surface area (Å²) in [7, 11) is 0. The zero-order chi connectivity index (χ0) is 14.0. The van der Waals surface area contributed by atoms with Crippen LogP contribution in [-0.2, 0) is 0 Å². The van der Waals surface area contributed by atoms with E-state index in [1.807, 2.05) is 6.07 Å². The Morgan fingerprint density at radius 3 is 2.84 bits per heavy atom. The molecule has 0 spiro atoms. The van der Waals surface area contributed by atoms with Crippen LogP contribution in [0.3, 0.4) is 0 Å². The lowest BCUT2D eigenvalue weighted by Gasteiger charge is -2.15. The van der Waals surface area contributed by atoms with E-state index in [0.717, 1.165) is 10.1 Å². The molecule has 19 heavy (non-hydrogen) atoms. The van der Waals surface area contributed by atoms with Crippen LogP contribution in [-0.4, -0.2) is 17.4 Å². The van der Waals surface area contributed by atoms with E-state index in [1.54, 1.807) is 12.4 Å². The van der Waals surface area contributed by atoms with Crippen LogP contribution >= 0.6 is 11.3 Å². The van der Waals surface area contributed by atoms with Crippen molar-refractivity contribution in [1.82, 2.24) is 10.3 Å². The summed E-state index contributed by atoms with van der Waals surface area (Å²) in [6.45, 7) is 7.10. The number of anilines is 1. The fourth-order valence-electron chi connectivity index (χ4n) is 1.71. The predicted octanol–water partition coefficient (Wildman–Crippen LogP) is 2.90. The molecule has 0 saturated heterocycles. The largest absolute Gasteiger partial charge is 0.397 e. The molecule has 2 aromatic heterocycles. The van der Waals surface area contributed by atoms with Gasteiger partial charge >= 0.3 is 0 Å². The van der Waals surface area contributed by atoms with Crippen LogP contribution in [0.4, 0.5) is 5.69 Å². The van der Waals surface area contributed by atoms with Crippen molar-refractivity contribution in [2.45, 2.75) is 20.8 Å². The minimum atomic E-state index is -0.0915. The van der Waals surface area contributed by atoms with E-state index >= 15 is 0 Å². The van der Waals surface area contributed by atoms with Gasteiger partial charge in [-0.25, -0.2) is 0 Å². The van der Waals surface area contributed by atoms with Crippen LogP contribution in [0.1, 0.15) is 30.4 Å². The summed E-state index contributed by atoms with van der Waals surface area (Å²) in [5.74, 6) is 0.900. The van der Waals surface area contributed by atoms with E-state index < -0.39 is 0 Å². The maximum atomic E-state index is 12.2. The summed E-state index contributed by atoms with van der Waals surface area (Å²) < 4.78 is 0.946. The zero-order valence-electron chi connectivity index (χ0n) is 11.4. The van der Waals surface area contributed by atoms with Crippen molar-refractivity contribution >= 4 is 33.0 Å². The van der Waals surface area contributed by atoms with E-state index in [-0.39, 0.29) is 5.91 Å². The number of nitrogen functional groups attached to an aromatic ring is 1.